The minimum Gasteiger partial charge on any atom is -0.497 e. The highest BCUT2D eigenvalue weighted by Gasteiger charge is 2.29. The number of carbonyl (C=O) groups excluding carboxylic acids is 2. The topological polar surface area (TPSA) is 74.8 Å². The van der Waals surface area contributed by atoms with Crippen LogP contribution < -0.4 is 15.0 Å². The van der Waals surface area contributed by atoms with Gasteiger partial charge in [0.2, 0.25) is 11.8 Å². The molecule has 0 bridgehead atoms. The summed E-state index contributed by atoms with van der Waals surface area (Å²) in [5, 5.41) is 4.05. The van der Waals surface area contributed by atoms with E-state index >= 15 is 0 Å². The summed E-state index contributed by atoms with van der Waals surface area (Å²) >= 11 is 1.70. The molecule has 1 aliphatic carbocycles. The Morgan fingerprint density at radius 3 is 2.60 bits per heavy atom. The van der Waals surface area contributed by atoms with Crippen molar-refractivity contribution in [3.8, 4) is 5.75 Å². The molecular weight excluding hydrogens is 400 g/mol. The normalized spacial score (nSPS) is 18.7. The number of hydrogen-bond donors (Lipinski definition) is 1. The van der Waals surface area contributed by atoms with Gasteiger partial charge in [-0.05, 0) is 43.5 Å². The van der Waals surface area contributed by atoms with Gasteiger partial charge in [0.15, 0.2) is 5.13 Å². The zero-order valence-electron chi connectivity index (χ0n) is 17.5. The van der Waals surface area contributed by atoms with Gasteiger partial charge in [-0.15, -0.1) is 11.3 Å². The average molecular weight is 429 g/mol. The van der Waals surface area contributed by atoms with Crippen molar-refractivity contribution in [2.45, 2.75) is 32.6 Å². The summed E-state index contributed by atoms with van der Waals surface area (Å²) in [6.07, 6.45) is 2.95. The highest BCUT2D eigenvalue weighted by molar-refractivity contribution is 7.15. The van der Waals surface area contributed by atoms with Gasteiger partial charge in [0.1, 0.15) is 5.75 Å². The summed E-state index contributed by atoms with van der Waals surface area (Å²) < 4.78 is 5.16. The average Bonchev–Trinajstić information content (AvgIpc) is 3.22. The molecule has 2 amide bonds. The molecule has 1 aliphatic heterocycles. The molecule has 0 radical (unpaired) electrons. The second-order valence-electron chi connectivity index (χ2n) is 7.75. The maximum absolute atomic E-state index is 12.8. The van der Waals surface area contributed by atoms with Gasteiger partial charge < -0.3 is 19.9 Å². The Balaban J connectivity index is 1.36. The van der Waals surface area contributed by atoms with Crippen molar-refractivity contribution < 1.29 is 14.3 Å². The molecule has 1 atom stereocenters. The van der Waals surface area contributed by atoms with Crippen molar-refractivity contribution in [1.29, 1.82) is 0 Å². The minimum atomic E-state index is -0.0353. The number of hydrogen-bond acceptors (Lipinski definition) is 6. The van der Waals surface area contributed by atoms with E-state index in [0.717, 1.165) is 67.7 Å². The Hall–Kier alpha value is -2.61. The maximum atomic E-state index is 12.8. The molecule has 0 saturated carbocycles. The van der Waals surface area contributed by atoms with E-state index in [9.17, 15) is 9.59 Å². The lowest BCUT2D eigenvalue weighted by Gasteiger charge is -2.34. The molecule has 160 valence electrons. The lowest BCUT2D eigenvalue weighted by Crippen LogP contribution is -2.48. The molecule has 2 aliphatic rings. The second kappa shape index (κ2) is 9.04. The number of benzene rings is 1. The van der Waals surface area contributed by atoms with E-state index in [2.05, 4.69) is 10.2 Å². The molecule has 2 heterocycles. The summed E-state index contributed by atoms with van der Waals surface area (Å²) in [7, 11) is 1.63. The maximum Gasteiger partial charge on any atom is 0.227 e. The van der Waals surface area contributed by atoms with E-state index in [-0.39, 0.29) is 17.7 Å². The standard InChI is InChI=1S/C22H28N4O3S/c1-3-20(27)25-10-12-26(13-11-25)22-24-18-9-4-15(14-19(18)30-22)21(28)23-16-5-7-17(29-2)8-6-16/h5-8,15H,3-4,9-14H2,1-2H3,(H,23,28)/t15-/m0/s1. The molecule has 1 fully saturated rings. The van der Waals surface area contributed by atoms with Crippen LogP contribution in [0.15, 0.2) is 24.3 Å². The molecule has 8 heteroatoms. The number of piperazine rings is 1. The van der Waals surface area contributed by atoms with Gasteiger partial charge in [-0.2, -0.15) is 0 Å². The van der Waals surface area contributed by atoms with Crippen LogP contribution in [0.5, 0.6) is 5.75 Å². The number of rotatable bonds is 5. The highest BCUT2D eigenvalue weighted by atomic mass is 32.1. The van der Waals surface area contributed by atoms with Crippen molar-refractivity contribution in [2.24, 2.45) is 5.92 Å². The summed E-state index contributed by atoms with van der Waals surface area (Å²) in [5.41, 5.74) is 1.92. The Morgan fingerprint density at radius 1 is 1.20 bits per heavy atom. The fraction of sp³-hybridized carbons (Fsp3) is 0.500. The molecule has 1 saturated heterocycles. The van der Waals surface area contributed by atoms with Gasteiger partial charge in [-0.25, -0.2) is 4.98 Å². The number of methoxy groups -OCH3 is 1. The summed E-state index contributed by atoms with van der Waals surface area (Å²) in [4.78, 5) is 34.9. The first-order chi connectivity index (χ1) is 14.6. The van der Waals surface area contributed by atoms with Gasteiger partial charge >= 0.3 is 0 Å². The number of anilines is 2. The first-order valence-corrected chi connectivity index (χ1v) is 11.3. The van der Waals surface area contributed by atoms with Crippen LogP contribution in [0.1, 0.15) is 30.3 Å². The molecular formula is C22H28N4O3S. The van der Waals surface area contributed by atoms with Crippen LogP contribution in [0.2, 0.25) is 0 Å². The predicted molar refractivity (Wildman–Crippen MR) is 118 cm³/mol. The number of aryl methyl sites for hydroxylation is 1. The van der Waals surface area contributed by atoms with E-state index in [0.29, 0.717) is 6.42 Å². The number of ether oxygens (including phenoxy) is 1. The quantitative estimate of drug-likeness (QED) is 0.793. The molecule has 0 spiro atoms. The van der Waals surface area contributed by atoms with Crippen LogP contribution in [0.25, 0.3) is 0 Å². The fourth-order valence-electron chi connectivity index (χ4n) is 4.01. The Kier molecular flexibility index (Phi) is 6.22. The highest BCUT2D eigenvalue weighted by Crippen LogP contribution is 2.35. The van der Waals surface area contributed by atoms with Crippen LogP contribution in [0.4, 0.5) is 10.8 Å². The summed E-state index contributed by atoms with van der Waals surface area (Å²) in [5.74, 6) is 1.02. The van der Waals surface area contributed by atoms with Crippen molar-refractivity contribution >= 4 is 34.0 Å². The van der Waals surface area contributed by atoms with Crippen LogP contribution in [-0.2, 0) is 22.4 Å². The lowest BCUT2D eigenvalue weighted by molar-refractivity contribution is -0.131. The van der Waals surface area contributed by atoms with Gasteiger partial charge in [-0.3, -0.25) is 9.59 Å². The molecule has 1 N–H and O–H groups in total. The number of nitrogens with zero attached hydrogens (tertiary/aromatic N) is 3. The van der Waals surface area contributed by atoms with Gasteiger partial charge in [-0.1, -0.05) is 6.92 Å². The zero-order valence-corrected chi connectivity index (χ0v) is 18.3. The first kappa shape index (κ1) is 20.7. The van der Waals surface area contributed by atoms with E-state index in [1.165, 1.54) is 4.88 Å². The summed E-state index contributed by atoms with van der Waals surface area (Å²) in [6.45, 7) is 5.05. The van der Waals surface area contributed by atoms with Gasteiger partial charge in [0, 0.05) is 49.1 Å². The zero-order chi connectivity index (χ0) is 21.1. The number of thiazole rings is 1. The predicted octanol–water partition coefficient (Wildman–Crippen LogP) is 2.95. The first-order valence-electron chi connectivity index (χ1n) is 10.5. The monoisotopic (exact) mass is 428 g/mol. The van der Waals surface area contributed by atoms with E-state index in [4.69, 9.17) is 9.72 Å². The fourth-order valence-corrected chi connectivity index (χ4v) is 5.25. The van der Waals surface area contributed by atoms with E-state index in [1.807, 2.05) is 36.1 Å². The van der Waals surface area contributed by atoms with E-state index < -0.39 is 0 Å². The molecule has 7 nitrogen and oxygen atoms in total. The molecule has 4 rings (SSSR count). The van der Waals surface area contributed by atoms with E-state index in [1.54, 1.807) is 18.4 Å². The van der Waals surface area contributed by atoms with Crippen LogP contribution in [-0.4, -0.2) is 55.0 Å². The third kappa shape index (κ3) is 4.43. The van der Waals surface area contributed by atoms with Crippen molar-refractivity contribution in [3.63, 3.8) is 0 Å². The number of aromatic nitrogens is 1. The minimum absolute atomic E-state index is 0.0353. The number of amides is 2. The third-order valence-corrected chi connectivity index (χ3v) is 7.04. The Bertz CT molecular complexity index is 904. The summed E-state index contributed by atoms with van der Waals surface area (Å²) in [6, 6.07) is 7.41. The van der Waals surface area contributed by atoms with Crippen molar-refractivity contribution in [2.75, 3.05) is 43.5 Å². The van der Waals surface area contributed by atoms with Gasteiger partial charge in [0.25, 0.3) is 0 Å². The second-order valence-corrected chi connectivity index (χ2v) is 8.81. The van der Waals surface area contributed by atoms with Crippen molar-refractivity contribution in [3.05, 3.63) is 34.8 Å². The smallest absolute Gasteiger partial charge is 0.227 e. The van der Waals surface area contributed by atoms with Gasteiger partial charge in [0.05, 0.1) is 12.8 Å². The molecule has 30 heavy (non-hydrogen) atoms. The van der Waals surface area contributed by atoms with Crippen LogP contribution in [0.3, 0.4) is 0 Å². The SMILES string of the molecule is CCC(=O)N1CCN(c2nc3c(s2)C[C@@H](C(=O)Nc2ccc(OC)cc2)CC3)CC1. The molecule has 2 aromatic rings. The van der Waals surface area contributed by atoms with Crippen LogP contribution >= 0.6 is 11.3 Å². The third-order valence-electron chi connectivity index (χ3n) is 5.86. The molecule has 0 unspecified atom stereocenters. The molecule has 1 aromatic carbocycles. The Labute approximate surface area is 181 Å². The number of carbonyl (C=O) groups is 2. The number of nitrogens with one attached hydrogen (secondary N) is 1. The van der Waals surface area contributed by atoms with Crippen LogP contribution in [0, 0.1) is 5.92 Å². The lowest BCUT2D eigenvalue weighted by atomic mass is 9.90. The van der Waals surface area contributed by atoms with Crippen molar-refractivity contribution in [1.82, 2.24) is 9.88 Å². The Morgan fingerprint density at radius 2 is 1.93 bits per heavy atom. The largest absolute Gasteiger partial charge is 0.497 e. The number of fused-ring (bicyclic) bond motifs is 1. The molecule has 1 aromatic heterocycles.